The van der Waals surface area contributed by atoms with Crippen LogP contribution in [0.1, 0.15) is 49.3 Å². The van der Waals surface area contributed by atoms with Gasteiger partial charge in [0.1, 0.15) is 34.8 Å². The zero-order valence-corrected chi connectivity index (χ0v) is 28.2. The number of thiophene rings is 1. The van der Waals surface area contributed by atoms with E-state index in [0.29, 0.717) is 33.5 Å². The van der Waals surface area contributed by atoms with Gasteiger partial charge in [-0.05, 0) is 69.5 Å². The van der Waals surface area contributed by atoms with Crippen LogP contribution in [0, 0.1) is 23.0 Å². The van der Waals surface area contributed by atoms with Crippen LogP contribution in [0.15, 0.2) is 12.1 Å². The lowest BCUT2D eigenvalue weighted by molar-refractivity contribution is 0.0687. The summed E-state index contributed by atoms with van der Waals surface area (Å²) < 4.78 is 51.8. The number of likely N-dealkylation sites (tertiary alicyclic amines) is 2. The van der Waals surface area contributed by atoms with E-state index in [1.54, 1.807) is 13.2 Å². The number of fused-ring (bicyclic) bond motifs is 6. The fourth-order valence-electron chi connectivity index (χ4n) is 8.33. The Morgan fingerprint density at radius 1 is 1.10 bits per heavy atom. The predicted octanol–water partition coefficient (Wildman–Crippen LogP) is 5.43. The Bertz CT molecular complexity index is 1950. The van der Waals surface area contributed by atoms with E-state index in [4.69, 9.17) is 29.9 Å². The van der Waals surface area contributed by atoms with Gasteiger partial charge in [0, 0.05) is 66.1 Å². The highest BCUT2D eigenvalue weighted by Crippen LogP contribution is 2.49. The zero-order valence-electron chi connectivity index (χ0n) is 27.4. The van der Waals surface area contributed by atoms with E-state index in [1.165, 1.54) is 17.4 Å². The number of halogens is 2. The lowest BCUT2D eigenvalue weighted by Crippen LogP contribution is -2.55. The second kappa shape index (κ2) is 12.3. The molecule has 8 rings (SSSR count). The number of nitrogens with two attached hydrogens (primary N) is 1. The summed E-state index contributed by atoms with van der Waals surface area (Å²) in [5.74, 6) is -0.676. The second-order valence-corrected chi connectivity index (χ2v) is 14.7. The largest absolute Gasteiger partial charge is 0.462 e. The minimum Gasteiger partial charge on any atom is -0.462 e. The molecule has 0 spiro atoms. The number of nitrogen functional groups attached to an aromatic ring is 1. The van der Waals surface area contributed by atoms with Crippen LogP contribution in [-0.2, 0) is 22.7 Å². The molecule has 4 aliphatic rings. The molecule has 48 heavy (non-hydrogen) atoms. The summed E-state index contributed by atoms with van der Waals surface area (Å²) in [7, 11) is 3.81. The molecule has 0 amide bonds. The normalized spacial score (nSPS) is 23.3. The summed E-state index contributed by atoms with van der Waals surface area (Å²) in [6.45, 7) is 6.26. The average Bonchev–Trinajstić information content (AvgIpc) is 3.85. The summed E-state index contributed by atoms with van der Waals surface area (Å²) in [6, 6.07) is 5.66. The smallest absolute Gasteiger partial charge is 0.319 e. The molecule has 3 fully saturated rings. The first-order chi connectivity index (χ1) is 23.3. The molecule has 4 aliphatic heterocycles. The first kappa shape index (κ1) is 31.6. The third kappa shape index (κ3) is 5.08. The van der Waals surface area contributed by atoms with Crippen molar-refractivity contribution in [3.63, 3.8) is 0 Å². The van der Waals surface area contributed by atoms with Crippen LogP contribution in [0.25, 0.3) is 32.1 Å². The van der Waals surface area contributed by atoms with Gasteiger partial charge in [0.05, 0.1) is 30.3 Å². The summed E-state index contributed by atoms with van der Waals surface area (Å²) in [4.78, 5) is 16.8. The zero-order chi connectivity index (χ0) is 33.3. The molecule has 13 heteroatoms. The van der Waals surface area contributed by atoms with Crippen molar-refractivity contribution in [1.82, 2.24) is 19.8 Å². The number of piperazine rings is 1. The van der Waals surface area contributed by atoms with E-state index >= 15 is 8.78 Å². The van der Waals surface area contributed by atoms with E-state index in [2.05, 4.69) is 34.7 Å². The number of hydrogen-bond acceptors (Lipinski definition) is 11. The van der Waals surface area contributed by atoms with Crippen LogP contribution >= 0.6 is 11.3 Å². The Morgan fingerprint density at radius 2 is 1.88 bits per heavy atom. The molecule has 10 nitrogen and oxygen atoms in total. The number of aromatic nitrogens is 2. The number of nitriles is 1. The van der Waals surface area contributed by atoms with Gasteiger partial charge in [-0.2, -0.15) is 15.2 Å². The van der Waals surface area contributed by atoms with Gasteiger partial charge in [0.15, 0.2) is 5.82 Å². The SMILES string of the molecule is CO[C@H](C)CN1CC2CCC(C1)N2c1nc(OC[C@@H]2CCCN2C)nc2c(F)c(-c3c(F)ccc4sc(N)c(C#N)c34)c3c(c12)COC3. The molecule has 0 radical (unpaired) electrons. The van der Waals surface area contributed by atoms with Gasteiger partial charge in [0.25, 0.3) is 0 Å². The number of ether oxygens (including phenoxy) is 3. The Hall–Kier alpha value is -3.67. The summed E-state index contributed by atoms with van der Waals surface area (Å²) >= 11 is 1.19. The first-order valence-corrected chi connectivity index (χ1v) is 17.5. The summed E-state index contributed by atoms with van der Waals surface area (Å²) in [5, 5.41) is 11.2. The van der Waals surface area contributed by atoms with Crippen LogP contribution in [0.4, 0.5) is 19.6 Å². The number of hydrogen-bond donors (Lipinski definition) is 1. The van der Waals surface area contributed by atoms with E-state index in [0.717, 1.165) is 57.4 Å². The van der Waals surface area contributed by atoms with Gasteiger partial charge in [0.2, 0.25) is 0 Å². The lowest BCUT2D eigenvalue weighted by Gasteiger charge is -2.43. The van der Waals surface area contributed by atoms with Gasteiger partial charge in [-0.1, -0.05) is 0 Å². The molecule has 0 aliphatic carbocycles. The van der Waals surface area contributed by atoms with Crippen molar-refractivity contribution >= 4 is 43.1 Å². The highest BCUT2D eigenvalue weighted by Gasteiger charge is 2.43. The van der Waals surface area contributed by atoms with Gasteiger partial charge >= 0.3 is 6.01 Å². The summed E-state index contributed by atoms with van der Waals surface area (Å²) in [5.41, 5.74) is 7.76. The predicted molar refractivity (Wildman–Crippen MR) is 181 cm³/mol. The molecule has 0 saturated carbocycles. The van der Waals surface area contributed by atoms with E-state index in [1.807, 2.05) is 0 Å². The molecule has 2 N–H and O–H groups in total. The minimum atomic E-state index is -0.680. The quantitative estimate of drug-likeness (QED) is 0.259. The Morgan fingerprint density at radius 3 is 2.58 bits per heavy atom. The Labute approximate surface area is 282 Å². The molecule has 3 saturated heterocycles. The first-order valence-electron chi connectivity index (χ1n) is 16.7. The van der Waals surface area contributed by atoms with Crippen molar-refractivity contribution in [2.45, 2.75) is 70.1 Å². The van der Waals surface area contributed by atoms with E-state index in [9.17, 15) is 5.26 Å². The van der Waals surface area contributed by atoms with Gasteiger partial charge in [-0.15, -0.1) is 11.3 Å². The number of likely N-dealkylation sites (N-methyl/N-ethyl adjacent to an activating group) is 1. The maximum Gasteiger partial charge on any atom is 0.319 e. The molecule has 2 bridgehead atoms. The third-order valence-corrected chi connectivity index (χ3v) is 11.7. The standard InChI is InChI=1S/C35H39F2N7O3S/c1-18(45-3)12-43-13-19-6-7-20(14-43)44(19)34-29-24-17-46-16-23(24)28(30-25(36)8-9-26-27(30)22(11-38)33(39)48-26)31(37)32(29)40-35(41-34)47-15-21-5-4-10-42(21)2/h8-9,18-21H,4-7,10,12-17,39H2,1-3H3/t18-,19?,20?,21+/m1/s1. The Balaban J connectivity index is 1.33. The van der Waals surface area contributed by atoms with E-state index < -0.39 is 11.6 Å². The molecule has 2 aromatic carbocycles. The maximum atomic E-state index is 17.4. The maximum absolute atomic E-state index is 17.4. The molecule has 6 heterocycles. The van der Waals surface area contributed by atoms with Crippen LogP contribution in [-0.4, -0.2) is 90.9 Å². The number of nitrogens with zero attached hydrogens (tertiary/aromatic N) is 6. The minimum absolute atomic E-state index is 0.00862. The molecular formula is C35H39F2N7O3S. The lowest BCUT2D eigenvalue weighted by atomic mass is 9.90. The van der Waals surface area contributed by atoms with Crippen molar-refractivity contribution in [3.05, 3.63) is 40.5 Å². The van der Waals surface area contributed by atoms with Crippen LogP contribution < -0.4 is 15.4 Å². The van der Waals surface area contributed by atoms with Crippen molar-refractivity contribution in [3.8, 4) is 23.2 Å². The average molecular weight is 676 g/mol. The van der Waals surface area contributed by atoms with Crippen LogP contribution in [0.3, 0.4) is 0 Å². The van der Waals surface area contributed by atoms with Crippen molar-refractivity contribution in [1.29, 1.82) is 5.26 Å². The highest BCUT2D eigenvalue weighted by atomic mass is 32.1. The second-order valence-electron chi connectivity index (χ2n) is 13.6. The van der Waals surface area contributed by atoms with Crippen LogP contribution in [0.2, 0.25) is 0 Å². The van der Waals surface area contributed by atoms with Crippen LogP contribution in [0.5, 0.6) is 6.01 Å². The summed E-state index contributed by atoms with van der Waals surface area (Å²) in [6.07, 6.45) is 4.17. The Kier molecular flexibility index (Phi) is 8.12. The van der Waals surface area contributed by atoms with Crippen molar-refractivity contribution in [2.24, 2.45) is 0 Å². The van der Waals surface area contributed by atoms with Gasteiger partial charge < -0.3 is 29.7 Å². The molecule has 4 atom stereocenters. The molecule has 252 valence electrons. The molecular weight excluding hydrogens is 636 g/mol. The monoisotopic (exact) mass is 675 g/mol. The molecule has 2 unspecified atom stereocenters. The fraction of sp³-hybridized carbons (Fsp3) is 0.514. The molecule has 4 aromatic rings. The highest BCUT2D eigenvalue weighted by molar-refractivity contribution is 7.23. The van der Waals surface area contributed by atoms with Crippen molar-refractivity contribution < 1.29 is 23.0 Å². The number of methoxy groups -OCH3 is 1. The topological polar surface area (TPSA) is 113 Å². The molecule has 2 aromatic heterocycles. The fourth-order valence-corrected chi connectivity index (χ4v) is 9.26. The van der Waals surface area contributed by atoms with Crippen molar-refractivity contribution in [2.75, 3.05) is 57.6 Å². The number of benzene rings is 2. The number of anilines is 2. The third-order valence-electron chi connectivity index (χ3n) is 10.7. The van der Waals surface area contributed by atoms with Gasteiger partial charge in [-0.3, -0.25) is 4.90 Å². The van der Waals surface area contributed by atoms with Gasteiger partial charge in [-0.25, -0.2) is 8.78 Å². The van der Waals surface area contributed by atoms with E-state index in [-0.39, 0.29) is 70.7 Å². The number of rotatable bonds is 8.